The van der Waals surface area contributed by atoms with E-state index in [0.717, 1.165) is 0 Å². The summed E-state index contributed by atoms with van der Waals surface area (Å²) in [6, 6.07) is 10.9. The lowest BCUT2D eigenvalue weighted by Crippen LogP contribution is -2.40. The molecular formula is C19H23. The van der Waals surface area contributed by atoms with E-state index in [4.69, 9.17) is 0 Å². The van der Waals surface area contributed by atoms with Gasteiger partial charge < -0.3 is 0 Å². The lowest BCUT2D eigenvalue weighted by Gasteiger charge is -2.48. The largest absolute Gasteiger partial charge is 0.0645 e. The van der Waals surface area contributed by atoms with Crippen LogP contribution in [0.3, 0.4) is 0 Å². The van der Waals surface area contributed by atoms with Gasteiger partial charge in [-0.1, -0.05) is 58.0 Å². The smallest absolute Gasteiger partial charge is 0.0400 e. The maximum Gasteiger partial charge on any atom is 0.0400 e. The molecule has 2 bridgehead atoms. The zero-order chi connectivity index (χ0) is 13.8. The molecule has 0 amide bonds. The molecule has 3 aliphatic rings. The fraction of sp³-hybridized carbons (Fsp3) is 0.474. The summed E-state index contributed by atoms with van der Waals surface area (Å²) in [7, 11) is 0. The van der Waals surface area contributed by atoms with Gasteiger partial charge >= 0.3 is 0 Å². The van der Waals surface area contributed by atoms with Crippen LogP contribution in [0.25, 0.3) is 0 Å². The SMILES string of the molecule is CCC1[C]=C2C(C(C)(C)C)=C1C2(C)c1ccccc1. The van der Waals surface area contributed by atoms with Gasteiger partial charge in [0.05, 0.1) is 0 Å². The Balaban J connectivity index is 2.15. The molecule has 1 radical (unpaired) electrons. The molecule has 0 nitrogen and oxygen atoms in total. The Morgan fingerprint density at radius 2 is 1.79 bits per heavy atom. The Kier molecular flexibility index (Phi) is 2.58. The van der Waals surface area contributed by atoms with Gasteiger partial charge in [-0.3, -0.25) is 0 Å². The van der Waals surface area contributed by atoms with Gasteiger partial charge in [0.25, 0.3) is 0 Å². The van der Waals surface area contributed by atoms with Gasteiger partial charge in [0.15, 0.2) is 0 Å². The lowest BCUT2D eigenvalue weighted by atomic mass is 9.55. The minimum atomic E-state index is 0.130. The molecule has 4 rings (SSSR count). The van der Waals surface area contributed by atoms with E-state index in [2.05, 4.69) is 71.0 Å². The van der Waals surface area contributed by atoms with Crippen LogP contribution in [0.5, 0.6) is 0 Å². The Morgan fingerprint density at radius 1 is 1.16 bits per heavy atom. The van der Waals surface area contributed by atoms with Crippen molar-refractivity contribution in [3.05, 3.63) is 58.7 Å². The summed E-state index contributed by atoms with van der Waals surface area (Å²) < 4.78 is 0. The summed E-state index contributed by atoms with van der Waals surface area (Å²) in [6.07, 6.45) is 4.93. The van der Waals surface area contributed by atoms with Crippen molar-refractivity contribution in [2.24, 2.45) is 11.3 Å². The van der Waals surface area contributed by atoms with Crippen LogP contribution in [-0.2, 0) is 5.41 Å². The van der Waals surface area contributed by atoms with Crippen LogP contribution in [-0.4, -0.2) is 0 Å². The van der Waals surface area contributed by atoms with E-state index in [-0.39, 0.29) is 10.8 Å². The number of rotatable bonds is 2. The number of fused-ring (bicyclic) bond motifs is 1. The monoisotopic (exact) mass is 251 g/mol. The lowest BCUT2D eigenvalue weighted by molar-refractivity contribution is 0.432. The Bertz CT molecular complexity index is 566. The van der Waals surface area contributed by atoms with E-state index in [1.807, 2.05) is 0 Å². The normalized spacial score (nSPS) is 29.3. The highest BCUT2D eigenvalue weighted by Gasteiger charge is 2.56. The van der Waals surface area contributed by atoms with E-state index in [0.29, 0.717) is 5.92 Å². The predicted octanol–water partition coefficient (Wildman–Crippen LogP) is 5.07. The number of benzene rings is 1. The molecular weight excluding hydrogens is 228 g/mol. The molecule has 0 aliphatic heterocycles. The van der Waals surface area contributed by atoms with Gasteiger partial charge in [-0.05, 0) is 47.1 Å². The van der Waals surface area contributed by atoms with Crippen LogP contribution in [0.1, 0.15) is 46.6 Å². The van der Waals surface area contributed by atoms with E-state index in [1.54, 1.807) is 11.1 Å². The summed E-state index contributed by atoms with van der Waals surface area (Å²) in [5.41, 5.74) is 6.47. The third kappa shape index (κ3) is 1.52. The molecule has 0 saturated heterocycles. The van der Waals surface area contributed by atoms with Gasteiger partial charge in [-0.2, -0.15) is 0 Å². The fourth-order valence-corrected chi connectivity index (χ4v) is 3.85. The number of hydrogen-bond donors (Lipinski definition) is 0. The molecule has 3 aliphatic carbocycles. The van der Waals surface area contributed by atoms with Gasteiger partial charge in [-0.25, -0.2) is 0 Å². The minimum absolute atomic E-state index is 0.130. The second-order valence-electron chi connectivity index (χ2n) is 7.01. The average Bonchev–Trinajstić information content (AvgIpc) is 2.91. The molecule has 0 spiro atoms. The van der Waals surface area contributed by atoms with Gasteiger partial charge in [0.1, 0.15) is 0 Å². The van der Waals surface area contributed by atoms with Crippen LogP contribution in [0, 0.1) is 17.4 Å². The summed E-state index contributed by atoms with van der Waals surface area (Å²) in [5, 5.41) is 0. The van der Waals surface area contributed by atoms with E-state index in [9.17, 15) is 0 Å². The second-order valence-corrected chi connectivity index (χ2v) is 7.01. The molecule has 2 atom stereocenters. The van der Waals surface area contributed by atoms with E-state index >= 15 is 0 Å². The van der Waals surface area contributed by atoms with Crippen molar-refractivity contribution in [3.63, 3.8) is 0 Å². The first-order valence-electron chi connectivity index (χ1n) is 7.35. The van der Waals surface area contributed by atoms with E-state index in [1.165, 1.54) is 17.6 Å². The first-order valence-corrected chi connectivity index (χ1v) is 7.35. The highest BCUT2D eigenvalue weighted by Crippen LogP contribution is 2.65. The highest BCUT2D eigenvalue weighted by molar-refractivity contribution is 5.71. The minimum Gasteiger partial charge on any atom is -0.0645 e. The number of hydrogen-bond acceptors (Lipinski definition) is 0. The summed E-state index contributed by atoms with van der Waals surface area (Å²) in [4.78, 5) is 0. The van der Waals surface area contributed by atoms with Crippen molar-refractivity contribution in [2.75, 3.05) is 0 Å². The molecule has 0 aromatic heterocycles. The molecule has 0 N–H and O–H groups in total. The van der Waals surface area contributed by atoms with Crippen molar-refractivity contribution < 1.29 is 0 Å². The molecule has 0 heterocycles. The van der Waals surface area contributed by atoms with Crippen molar-refractivity contribution in [2.45, 2.75) is 46.5 Å². The molecule has 0 saturated carbocycles. The fourth-order valence-electron chi connectivity index (χ4n) is 3.85. The number of allylic oxidation sites excluding steroid dienone is 4. The van der Waals surface area contributed by atoms with Crippen molar-refractivity contribution in [3.8, 4) is 0 Å². The predicted molar refractivity (Wildman–Crippen MR) is 80.8 cm³/mol. The maximum absolute atomic E-state index is 3.77. The van der Waals surface area contributed by atoms with Crippen LogP contribution in [0.2, 0.25) is 0 Å². The highest BCUT2D eigenvalue weighted by atomic mass is 14.6. The molecule has 1 aromatic carbocycles. The molecule has 0 heteroatoms. The van der Waals surface area contributed by atoms with Crippen LogP contribution in [0.15, 0.2) is 47.1 Å². The maximum atomic E-state index is 3.77. The summed E-state index contributed by atoms with van der Waals surface area (Å²) in [5.74, 6) is 0.537. The average molecular weight is 251 g/mol. The van der Waals surface area contributed by atoms with Crippen LogP contribution >= 0.6 is 0 Å². The molecule has 0 fully saturated rings. The molecule has 2 unspecified atom stereocenters. The summed E-state index contributed by atoms with van der Waals surface area (Å²) >= 11 is 0. The van der Waals surface area contributed by atoms with Crippen molar-refractivity contribution in [1.29, 1.82) is 0 Å². The van der Waals surface area contributed by atoms with Crippen molar-refractivity contribution in [1.82, 2.24) is 0 Å². The zero-order valence-electron chi connectivity index (χ0n) is 12.7. The Labute approximate surface area is 117 Å². The third-order valence-electron chi connectivity index (χ3n) is 4.73. The quantitative estimate of drug-likeness (QED) is 0.688. The molecule has 19 heavy (non-hydrogen) atoms. The van der Waals surface area contributed by atoms with Crippen molar-refractivity contribution >= 4 is 0 Å². The Morgan fingerprint density at radius 3 is 2.26 bits per heavy atom. The molecule has 99 valence electrons. The first-order chi connectivity index (χ1) is 8.90. The van der Waals surface area contributed by atoms with Gasteiger partial charge in [-0.15, -0.1) is 0 Å². The first kappa shape index (κ1) is 12.7. The standard InChI is InChI=1S/C19H23/c1-6-13-12-15-17(18(2,3)4)16(13)19(15,5)14-10-8-7-9-11-14/h7-11,13H,6H2,1-5H3. The summed E-state index contributed by atoms with van der Waals surface area (Å²) in [6.45, 7) is 11.6. The third-order valence-corrected chi connectivity index (χ3v) is 4.73. The van der Waals surface area contributed by atoms with E-state index < -0.39 is 0 Å². The van der Waals surface area contributed by atoms with Gasteiger partial charge in [0, 0.05) is 11.3 Å². The topological polar surface area (TPSA) is 0 Å². The van der Waals surface area contributed by atoms with Gasteiger partial charge in [0.2, 0.25) is 0 Å². The molecule has 1 aromatic rings. The zero-order valence-corrected chi connectivity index (χ0v) is 12.7. The second kappa shape index (κ2) is 3.85. The van der Waals surface area contributed by atoms with Crippen LogP contribution in [0.4, 0.5) is 0 Å². The van der Waals surface area contributed by atoms with Crippen LogP contribution < -0.4 is 0 Å². The Hall–Kier alpha value is -1.30.